The quantitative estimate of drug-likeness (QED) is 0.251. The summed E-state index contributed by atoms with van der Waals surface area (Å²) in [5, 5.41) is 4.06. The first-order chi connectivity index (χ1) is 18.2. The van der Waals surface area contributed by atoms with Crippen LogP contribution in [0, 0.1) is 19.7 Å². The van der Waals surface area contributed by atoms with Crippen molar-refractivity contribution in [3.05, 3.63) is 108 Å². The number of hydrogen-bond donors (Lipinski definition) is 1. The molecule has 4 rings (SSSR count). The molecule has 0 aliphatic heterocycles. The SMILES string of the molecule is COc1cccc(N(CC(=O)N/N=C\c2cc(C)n(-c3ccc(F)cc3)c2C)S(=O)(=O)c2ccccc2)c1. The van der Waals surface area contributed by atoms with E-state index >= 15 is 0 Å². The molecule has 0 saturated carbocycles. The van der Waals surface area contributed by atoms with Crippen LogP contribution in [0.2, 0.25) is 0 Å². The van der Waals surface area contributed by atoms with Crippen molar-refractivity contribution < 1.29 is 22.3 Å². The zero-order valence-corrected chi connectivity index (χ0v) is 21.9. The largest absolute Gasteiger partial charge is 0.497 e. The molecule has 0 saturated heterocycles. The fourth-order valence-corrected chi connectivity index (χ4v) is 5.48. The molecule has 1 N–H and O–H groups in total. The summed E-state index contributed by atoms with van der Waals surface area (Å²) in [6.07, 6.45) is 1.49. The molecule has 0 atom stereocenters. The van der Waals surface area contributed by atoms with Gasteiger partial charge in [-0.1, -0.05) is 24.3 Å². The Morgan fingerprint density at radius 2 is 1.74 bits per heavy atom. The molecule has 0 aliphatic carbocycles. The standard InChI is InChI=1S/C28H27FN4O4S/c1-20-16-22(21(2)33(20)24-14-12-23(29)13-15-24)18-30-31-28(34)19-32(25-8-7-9-26(17-25)37-3)38(35,36)27-10-5-4-6-11-27/h4-18H,19H2,1-3H3,(H,31,34)/b30-18-. The number of hydrazone groups is 1. The second-order valence-electron chi connectivity index (χ2n) is 8.46. The number of carbonyl (C=O) groups is 1. The predicted molar refractivity (Wildman–Crippen MR) is 145 cm³/mol. The van der Waals surface area contributed by atoms with E-state index in [2.05, 4.69) is 10.5 Å². The minimum atomic E-state index is -4.06. The second-order valence-corrected chi connectivity index (χ2v) is 10.3. The molecule has 0 spiro atoms. The number of ether oxygens (including phenoxy) is 1. The number of carbonyl (C=O) groups excluding carboxylic acids is 1. The molecule has 8 nitrogen and oxygen atoms in total. The Labute approximate surface area is 221 Å². The third-order valence-electron chi connectivity index (χ3n) is 5.91. The Morgan fingerprint density at radius 1 is 1.03 bits per heavy atom. The fraction of sp³-hybridized carbons (Fsp3) is 0.143. The van der Waals surface area contributed by atoms with Gasteiger partial charge in [-0.2, -0.15) is 5.10 Å². The molecular weight excluding hydrogens is 507 g/mol. The highest BCUT2D eigenvalue weighted by Gasteiger charge is 2.27. The molecule has 1 heterocycles. The highest BCUT2D eigenvalue weighted by molar-refractivity contribution is 7.92. The van der Waals surface area contributed by atoms with E-state index in [1.807, 2.05) is 24.5 Å². The number of sulfonamides is 1. The molecule has 0 radical (unpaired) electrons. The van der Waals surface area contributed by atoms with Crippen molar-refractivity contribution in [2.75, 3.05) is 18.0 Å². The van der Waals surface area contributed by atoms with Gasteiger partial charge in [-0.3, -0.25) is 9.10 Å². The van der Waals surface area contributed by atoms with Crippen LogP contribution in [0.4, 0.5) is 10.1 Å². The first-order valence-corrected chi connectivity index (χ1v) is 13.1. The summed E-state index contributed by atoms with van der Waals surface area (Å²) < 4.78 is 48.4. The zero-order valence-electron chi connectivity index (χ0n) is 21.1. The van der Waals surface area contributed by atoms with Gasteiger partial charge in [0.2, 0.25) is 0 Å². The molecule has 3 aromatic carbocycles. The fourth-order valence-electron chi connectivity index (χ4n) is 4.05. The maximum absolute atomic E-state index is 13.4. The molecule has 196 valence electrons. The summed E-state index contributed by atoms with van der Waals surface area (Å²) in [4.78, 5) is 12.9. The number of nitrogens with zero attached hydrogens (tertiary/aromatic N) is 3. The number of rotatable bonds is 9. The highest BCUT2D eigenvalue weighted by atomic mass is 32.2. The van der Waals surface area contributed by atoms with Crippen molar-refractivity contribution in [3.8, 4) is 11.4 Å². The minimum absolute atomic E-state index is 0.0485. The third-order valence-corrected chi connectivity index (χ3v) is 7.70. The van der Waals surface area contributed by atoms with Gasteiger partial charge in [-0.05, 0) is 68.4 Å². The van der Waals surface area contributed by atoms with Crippen LogP contribution in [0.1, 0.15) is 17.0 Å². The van der Waals surface area contributed by atoms with Gasteiger partial charge in [-0.15, -0.1) is 0 Å². The summed E-state index contributed by atoms with van der Waals surface area (Å²) in [7, 11) is -2.58. The van der Waals surface area contributed by atoms with E-state index in [4.69, 9.17) is 4.74 Å². The lowest BCUT2D eigenvalue weighted by Gasteiger charge is -2.24. The topological polar surface area (TPSA) is 93.0 Å². The number of hydrogen-bond acceptors (Lipinski definition) is 5. The van der Waals surface area contributed by atoms with Crippen LogP contribution in [0.15, 0.2) is 94.9 Å². The van der Waals surface area contributed by atoms with Gasteiger partial charge in [0.05, 0.1) is 23.9 Å². The summed E-state index contributed by atoms with van der Waals surface area (Å²) in [6, 6.07) is 22.4. The van der Waals surface area contributed by atoms with Crippen molar-refractivity contribution in [2.24, 2.45) is 5.10 Å². The number of benzene rings is 3. The van der Waals surface area contributed by atoms with Gasteiger partial charge in [-0.25, -0.2) is 18.2 Å². The van der Waals surface area contributed by atoms with E-state index in [-0.39, 0.29) is 16.4 Å². The Bertz CT molecular complexity index is 1570. The molecule has 0 bridgehead atoms. The smallest absolute Gasteiger partial charge is 0.264 e. The van der Waals surface area contributed by atoms with Gasteiger partial charge >= 0.3 is 0 Å². The Balaban J connectivity index is 1.55. The average molecular weight is 535 g/mol. The predicted octanol–water partition coefficient (Wildman–Crippen LogP) is 4.59. The lowest BCUT2D eigenvalue weighted by molar-refractivity contribution is -0.119. The lowest BCUT2D eigenvalue weighted by Crippen LogP contribution is -2.39. The molecule has 38 heavy (non-hydrogen) atoms. The third kappa shape index (κ3) is 5.76. The van der Waals surface area contributed by atoms with Crippen LogP contribution < -0.4 is 14.5 Å². The van der Waals surface area contributed by atoms with Crippen LogP contribution in [-0.2, 0) is 14.8 Å². The normalized spacial score (nSPS) is 11.5. The van der Waals surface area contributed by atoms with Gasteiger partial charge in [0.15, 0.2) is 0 Å². The van der Waals surface area contributed by atoms with Gasteiger partial charge in [0.1, 0.15) is 18.1 Å². The Morgan fingerprint density at radius 3 is 2.42 bits per heavy atom. The molecule has 0 aliphatic rings. The van der Waals surface area contributed by atoms with Crippen LogP contribution in [-0.4, -0.2) is 38.8 Å². The molecule has 1 amide bonds. The molecule has 1 aromatic heterocycles. The number of halogens is 1. The minimum Gasteiger partial charge on any atom is -0.497 e. The maximum atomic E-state index is 13.4. The zero-order chi connectivity index (χ0) is 27.3. The summed E-state index contributed by atoms with van der Waals surface area (Å²) in [5.41, 5.74) is 5.98. The Kier molecular flexibility index (Phi) is 7.92. The van der Waals surface area contributed by atoms with Gasteiger partial charge in [0, 0.05) is 28.7 Å². The average Bonchev–Trinajstić information content (AvgIpc) is 3.20. The first kappa shape index (κ1) is 26.6. The van der Waals surface area contributed by atoms with Crippen molar-refractivity contribution >= 4 is 27.8 Å². The summed E-state index contributed by atoms with van der Waals surface area (Å²) in [5.74, 6) is -0.500. The molecule has 0 unspecified atom stereocenters. The van der Waals surface area contributed by atoms with Crippen molar-refractivity contribution in [2.45, 2.75) is 18.7 Å². The van der Waals surface area contributed by atoms with Crippen LogP contribution in [0.25, 0.3) is 5.69 Å². The summed E-state index contributed by atoms with van der Waals surface area (Å²) >= 11 is 0. The van der Waals surface area contributed by atoms with Crippen LogP contribution in [0.3, 0.4) is 0 Å². The lowest BCUT2D eigenvalue weighted by atomic mass is 10.2. The van der Waals surface area contributed by atoms with Crippen LogP contribution >= 0.6 is 0 Å². The van der Waals surface area contributed by atoms with E-state index < -0.39 is 22.5 Å². The number of aryl methyl sites for hydroxylation is 1. The number of nitrogens with one attached hydrogen (secondary N) is 1. The maximum Gasteiger partial charge on any atom is 0.264 e. The van der Waals surface area contributed by atoms with E-state index in [0.717, 1.165) is 26.9 Å². The summed E-state index contributed by atoms with van der Waals surface area (Å²) in [6.45, 7) is 3.29. The monoisotopic (exact) mass is 534 g/mol. The van der Waals surface area contributed by atoms with Crippen molar-refractivity contribution in [3.63, 3.8) is 0 Å². The van der Waals surface area contributed by atoms with Crippen LogP contribution in [0.5, 0.6) is 5.75 Å². The van der Waals surface area contributed by atoms with E-state index in [1.165, 1.54) is 37.6 Å². The molecular formula is C28H27FN4O4S. The highest BCUT2D eigenvalue weighted by Crippen LogP contribution is 2.27. The van der Waals surface area contributed by atoms with Crippen molar-refractivity contribution in [1.29, 1.82) is 0 Å². The van der Waals surface area contributed by atoms with Gasteiger partial charge < -0.3 is 9.30 Å². The number of aromatic nitrogens is 1. The second kappa shape index (κ2) is 11.3. The van der Waals surface area contributed by atoms with E-state index in [0.29, 0.717) is 5.75 Å². The number of methoxy groups -OCH3 is 1. The Hall–Kier alpha value is -4.44. The number of amides is 1. The van der Waals surface area contributed by atoms with E-state index in [9.17, 15) is 17.6 Å². The van der Waals surface area contributed by atoms with E-state index in [1.54, 1.807) is 54.6 Å². The number of anilines is 1. The first-order valence-electron chi connectivity index (χ1n) is 11.7. The van der Waals surface area contributed by atoms with Gasteiger partial charge in [0.25, 0.3) is 15.9 Å². The molecule has 4 aromatic rings. The van der Waals surface area contributed by atoms with Crippen molar-refractivity contribution in [1.82, 2.24) is 9.99 Å². The molecule has 0 fully saturated rings. The molecule has 10 heteroatoms.